The number of hydrogen-bond donors (Lipinski definition) is 2. The molecule has 19 heavy (non-hydrogen) atoms. The number of anilines is 1. The lowest BCUT2D eigenvalue weighted by molar-refractivity contribution is -0.120. The summed E-state index contributed by atoms with van der Waals surface area (Å²) in [5, 5.41) is 6.31. The molecule has 1 amide bonds. The third-order valence-corrected chi connectivity index (χ3v) is 3.18. The minimum Gasteiger partial charge on any atom is -0.494 e. The van der Waals surface area contributed by atoms with Gasteiger partial charge < -0.3 is 15.4 Å². The van der Waals surface area contributed by atoms with Crippen LogP contribution in [-0.2, 0) is 4.79 Å². The molecular weight excluding hydrogens is 240 g/mol. The van der Waals surface area contributed by atoms with Crippen LogP contribution in [0.25, 0.3) is 0 Å². The van der Waals surface area contributed by atoms with Crippen LogP contribution in [0.2, 0.25) is 0 Å². The van der Waals surface area contributed by atoms with E-state index in [1.165, 1.54) is 0 Å². The van der Waals surface area contributed by atoms with Crippen LogP contribution >= 0.6 is 0 Å². The molecule has 1 aliphatic rings. The van der Waals surface area contributed by atoms with E-state index in [0.717, 1.165) is 43.9 Å². The average Bonchev–Trinajstić information content (AvgIpc) is 2.62. The highest BCUT2D eigenvalue weighted by atomic mass is 16.5. The maximum atomic E-state index is 11.5. The van der Waals surface area contributed by atoms with Crippen LogP contribution in [0.3, 0.4) is 0 Å². The molecular formula is C15H22N2O2. The monoisotopic (exact) mass is 262 g/mol. The van der Waals surface area contributed by atoms with E-state index >= 15 is 0 Å². The number of rotatable bonds is 5. The second-order valence-corrected chi connectivity index (χ2v) is 4.91. The number of nitrogens with one attached hydrogen (secondary N) is 2. The number of carbonyl (C=O) groups excluding carboxylic acids is 1. The van der Waals surface area contributed by atoms with E-state index in [4.69, 9.17) is 4.74 Å². The lowest BCUT2D eigenvalue weighted by Crippen LogP contribution is -2.26. The summed E-state index contributed by atoms with van der Waals surface area (Å²) in [6.07, 6.45) is 3.61. The maximum absolute atomic E-state index is 11.5. The van der Waals surface area contributed by atoms with E-state index in [-0.39, 0.29) is 11.9 Å². The van der Waals surface area contributed by atoms with E-state index in [1.54, 1.807) is 0 Å². The Morgan fingerprint density at radius 1 is 1.37 bits per heavy atom. The number of amides is 1. The summed E-state index contributed by atoms with van der Waals surface area (Å²) in [6.45, 7) is 3.63. The van der Waals surface area contributed by atoms with E-state index < -0.39 is 0 Å². The minimum atomic E-state index is 0.137. The van der Waals surface area contributed by atoms with Gasteiger partial charge in [0.2, 0.25) is 5.91 Å². The summed E-state index contributed by atoms with van der Waals surface area (Å²) < 4.78 is 5.55. The van der Waals surface area contributed by atoms with E-state index in [9.17, 15) is 4.79 Å². The molecule has 2 N–H and O–H groups in total. The second-order valence-electron chi connectivity index (χ2n) is 4.91. The van der Waals surface area contributed by atoms with Crippen molar-refractivity contribution in [2.45, 2.75) is 38.6 Å². The number of hydrogen-bond acceptors (Lipinski definition) is 3. The van der Waals surface area contributed by atoms with E-state index in [0.29, 0.717) is 6.42 Å². The third-order valence-electron chi connectivity index (χ3n) is 3.18. The van der Waals surface area contributed by atoms with Crippen molar-refractivity contribution in [3.63, 3.8) is 0 Å². The van der Waals surface area contributed by atoms with Crippen LogP contribution in [-0.4, -0.2) is 25.1 Å². The molecule has 1 aliphatic heterocycles. The minimum absolute atomic E-state index is 0.137. The third kappa shape index (κ3) is 4.47. The Balaban J connectivity index is 1.89. The molecule has 0 saturated carbocycles. The summed E-state index contributed by atoms with van der Waals surface area (Å²) in [4.78, 5) is 11.5. The van der Waals surface area contributed by atoms with E-state index in [2.05, 4.69) is 17.6 Å². The van der Waals surface area contributed by atoms with Crippen molar-refractivity contribution in [2.75, 3.05) is 18.5 Å². The fraction of sp³-hybridized carbons (Fsp3) is 0.533. The fourth-order valence-corrected chi connectivity index (χ4v) is 2.20. The Hall–Kier alpha value is -1.71. The zero-order valence-electron chi connectivity index (χ0n) is 11.4. The molecule has 1 fully saturated rings. The quantitative estimate of drug-likeness (QED) is 0.857. The molecule has 4 heteroatoms. The largest absolute Gasteiger partial charge is 0.494 e. The predicted molar refractivity (Wildman–Crippen MR) is 76.5 cm³/mol. The number of benzene rings is 1. The standard InChI is InChI=1S/C15H22N2O2/c1-2-10-19-14-7-5-12(6-8-14)17-13-4-3-9-16-15(18)11-13/h5-8,13,17H,2-4,9-11H2,1H3,(H,16,18). The molecule has 0 radical (unpaired) electrons. The van der Waals surface area contributed by atoms with Gasteiger partial charge >= 0.3 is 0 Å². The Labute approximate surface area is 114 Å². The zero-order valence-corrected chi connectivity index (χ0v) is 11.4. The molecule has 104 valence electrons. The van der Waals surface area contributed by atoms with Crippen molar-refractivity contribution < 1.29 is 9.53 Å². The highest BCUT2D eigenvalue weighted by Crippen LogP contribution is 2.19. The first kappa shape index (κ1) is 13.7. The van der Waals surface area contributed by atoms with Crippen LogP contribution < -0.4 is 15.4 Å². The highest BCUT2D eigenvalue weighted by Gasteiger charge is 2.16. The first-order valence-corrected chi connectivity index (χ1v) is 7.04. The van der Waals surface area contributed by atoms with Crippen molar-refractivity contribution >= 4 is 11.6 Å². The van der Waals surface area contributed by atoms with Gasteiger partial charge in [-0.2, -0.15) is 0 Å². The molecule has 1 aromatic carbocycles. The summed E-state index contributed by atoms with van der Waals surface area (Å²) in [5.41, 5.74) is 1.04. The lowest BCUT2D eigenvalue weighted by atomic mass is 10.1. The van der Waals surface area contributed by atoms with Gasteiger partial charge in [0.25, 0.3) is 0 Å². The van der Waals surface area contributed by atoms with Gasteiger partial charge in [-0.3, -0.25) is 4.79 Å². The van der Waals surface area contributed by atoms with Gasteiger partial charge in [-0.15, -0.1) is 0 Å². The van der Waals surface area contributed by atoms with Crippen molar-refractivity contribution in [3.8, 4) is 5.75 Å². The molecule has 1 saturated heterocycles. The van der Waals surface area contributed by atoms with Gasteiger partial charge in [0.05, 0.1) is 6.61 Å². The lowest BCUT2D eigenvalue weighted by Gasteiger charge is -2.16. The van der Waals surface area contributed by atoms with Crippen LogP contribution in [0, 0.1) is 0 Å². The first-order valence-electron chi connectivity index (χ1n) is 7.04. The molecule has 1 unspecified atom stereocenters. The topological polar surface area (TPSA) is 50.4 Å². The summed E-state index contributed by atoms with van der Waals surface area (Å²) in [5.74, 6) is 1.03. The average molecular weight is 262 g/mol. The molecule has 0 aromatic heterocycles. The molecule has 1 heterocycles. The molecule has 1 atom stereocenters. The van der Waals surface area contributed by atoms with E-state index in [1.807, 2.05) is 24.3 Å². The van der Waals surface area contributed by atoms with Crippen molar-refractivity contribution in [1.29, 1.82) is 0 Å². The van der Waals surface area contributed by atoms with Gasteiger partial charge in [-0.1, -0.05) is 6.92 Å². The Morgan fingerprint density at radius 2 is 2.16 bits per heavy atom. The van der Waals surface area contributed by atoms with Crippen LogP contribution in [0.4, 0.5) is 5.69 Å². The SMILES string of the molecule is CCCOc1ccc(NC2CCCNC(=O)C2)cc1. The highest BCUT2D eigenvalue weighted by molar-refractivity contribution is 5.77. The van der Waals surface area contributed by atoms with Gasteiger partial charge in [-0.05, 0) is 43.5 Å². The number of ether oxygens (including phenoxy) is 1. The smallest absolute Gasteiger partial charge is 0.222 e. The van der Waals surface area contributed by atoms with Crippen molar-refractivity contribution in [1.82, 2.24) is 5.32 Å². The molecule has 4 nitrogen and oxygen atoms in total. The zero-order chi connectivity index (χ0) is 13.5. The molecule has 1 aromatic rings. The van der Waals surface area contributed by atoms with Crippen LogP contribution in [0.5, 0.6) is 5.75 Å². The molecule has 0 aliphatic carbocycles. The van der Waals surface area contributed by atoms with Crippen LogP contribution in [0.15, 0.2) is 24.3 Å². The molecule has 0 spiro atoms. The van der Waals surface area contributed by atoms with Crippen molar-refractivity contribution in [2.24, 2.45) is 0 Å². The Kier molecular flexibility index (Phi) is 5.07. The second kappa shape index (κ2) is 7.02. The Morgan fingerprint density at radius 3 is 2.89 bits per heavy atom. The van der Waals surface area contributed by atoms with Gasteiger partial charge in [0, 0.05) is 24.7 Å². The number of carbonyl (C=O) groups is 1. The molecule has 2 rings (SSSR count). The molecule has 0 bridgehead atoms. The van der Waals surface area contributed by atoms with Gasteiger partial charge in [-0.25, -0.2) is 0 Å². The first-order chi connectivity index (χ1) is 9.28. The van der Waals surface area contributed by atoms with Gasteiger partial charge in [0.15, 0.2) is 0 Å². The van der Waals surface area contributed by atoms with Crippen molar-refractivity contribution in [3.05, 3.63) is 24.3 Å². The van der Waals surface area contributed by atoms with Gasteiger partial charge in [0.1, 0.15) is 5.75 Å². The summed E-state index contributed by atoms with van der Waals surface area (Å²) >= 11 is 0. The maximum Gasteiger partial charge on any atom is 0.222 e. The summed E-state index contributed by atoms with van der Waals surface area (Å²) in [7, 11) is 0. The van der Waals surface area contributed by atoms with Crippen LogP contribution in [0.1, 0.15) is 32.6 Å². The predicted octanol–water partition coefficient (Wildman–Crippen LogP) is 2.56. The Bertz CT molecular complexity index is 403. The fourth-order valence-electron chi connectivity index (χ4n) is 2.20. The summed E-state index contributed by atoms with van der Waals surface area (Å²) in [6, 6.07) is 8.18. The normalized spacial score (nSPS) is 19.4.